The zero-order valence-corrected chi connectivity index (χ0v) is 7.34. The van der Waals surface area contributed by atoms with Gasteiger partial charge >= 0.3 is 0 Å². The first-order valence-electron chi connectivity index (χ1n) is 4.31. The maximum absolute atomic E-state index is 12.1. The number of nitrogens with two attached hydrogens (primary N) is 1. The molecular formula is C10H13F2N. The summed E-state index contributed by atoms with van der Waals surface area (Å²) < 4.78 is 24.3. The largest absolute Gasteiger partial charge is 0.330 e. The van der Waals surface area contributed by atoms with Gasteiger partial charge < -0.3 is 5.73 Å². The lowest BCUT2D eigenvalue weighted by Crippen LogP contribution is -2.00. The SMILES string of the molecule is NCCCc1ccc(C(F)F)cc1. The highest BCUT2D eigenvalue weighted by Gasteiger charge is 2.05. The van der Waals surface area contributed by atoms with Gasteiger partial charge in [-0.2, -0.15) is 0 Å². The monoisotopic (exact) mass is 185 g/mol. The number of halogens is 2. The summed E-state index contributed by atoms with van der Waals surface area (Å²) in [5.41, 5.74) is 6.48. The van der Waals surface area contributed by atoms with Crippen LogP contribution in [0.4, 0.5) is 8.78 Å². The average Bonchev–Trinajstić information content (AvgIpc) is 2.15. The van der Waals surface area contributed by atoms with Gasteiger partial charge in [-0.15, -0.1) is 0 Å². The first-order chi connectivity index (χ1) is 6.24. The van der Waals surface area contributed by atoms with E-state index in [0.717, 1.165) is 18.4 Å². The molecule has 0 aliphatic carbocycles. The van der Waals surface area contributed by atoms with Crippen LogP contribution in [0.3, 0.4) is 0 Å². The number of aryl methyl sites for hydroxylation is 1. The molecule has 0 radical (unpaired) electrons. The molecule has 0 bridgehead atoms. The van der Waals surface area contributed by atoms with E-state index in [0.29, 0.717) is 6.54 Å². The van der Waals surface area contributed by atoms with Crippen molar-refractivity contribution in [3.63, 3.8) is 0 Å². The Morgan fingerprint density at radius 2 is 1.77 bits per heavy atom. The molecule has 1 aromatic rings. The molecule has 0 saturated heterocycles. The van der Waals surface area contributed by atoms with Crippen LogP contribution in [0.2, 0.25) is 0 Å². The summed E-state index contributed by atoms with van der Waals surface area (Å²) in [6.07, 6.45) is -0.614. The molecule has 0 aliphatic rings. The third-order valence-corrected chi connectivity index (χ3v) is 1.90. The van der Waals surface area contributed by atoms with Crippen molar-refractivity contribution in [2.75, 3.05) is 6.54 Å². The molecule has 0 heterocycles. The minimum Gasteiger partial charge on any atom is -0.330 e. The van der Waals surface area contributed by atoms with Crippen LogP contribution < -0.4 is 5.73 Å². The Morgan fingerprint density at radius 1 is 1.15 bits per heavy atom. The van der Waals surface area contributed by atoms with Gasteiger partial charge in [-0.25, -0.2) is 8.78 Å². The summed E-state index contributed by atoms with van der Waals surface area (Å²) in [5.74, 6) is 0. The normalized spacial score (nSPS) is 10.8. The Bertz CT molecular complexity index is 244. The van der Waals surface area contributed by atoms with Gasteiger partial charge in [-0.05, 0) is 24.9 Å². The Morgan fingerprint density at radius 3 is 2.23 bits per heavy atom. The minimum absolute atomic E-state index is 0.0801. The molecule has 3 heteroatoms. The van der Waals surface area contributed by atoms with E-state index in [1.54, 1.807) is 12.1 Å². The lowest BCUT2D eigenvalue weighted by Gasteiger charge is -2.02. The first kappa shape index (κ1) is 10.1. The number of alkyl halides is 2. The van der Waals surface area contributed by atoms with E-state index in [2.05, 4.69) is 0 Å². The highest BCUT2D eigenvalue weighted by molar-refractivity contribution is 5.23. The molecule has 1 rings (SSSR count). The maximum atomic E-state index is 12.1. The molecule has 0 spiro atoms. The van der Waals surface area contributed by atoms with Gasteiger partial charge in [0.05, 0.1) is 0 Å². The molecule has 72 valence electrons. The van der Waals surface area contributed by atoms with Crippen LogP contribution in [0.15, 0.2) is 24.3 Å². The Kier molecular flexibility index (Phi) is 3.83. The van der Waals surface area contributed by atoms with Crippen molar-refractivity contribution < 1.29 is 8.78 Å². The lowest BCUT2D eigenvalue weighted by molar-refractivity contribution is 0.151. The third-order valence-electron chi connectivity index (χ3n) is 1.90. The van der Waals surface area contributed by atoms with Crippen LogP contribution in [0.25, 0.3) is 0 Å². The van der Waals surface area contributed by atoms with Gasteiger partial charge in [0.15, 0.2) is 0 Å². The van der Waals surface area contributed by atoms with Crippen molar-refractivity contribution >= 4 is 0 Å². The van der Waals surface area contributed by atoms with Crippen molar-refractivity contribution in [3.05, 3.63) is 35.4 Å². The first-order valence-corrected chi connectivity index (χ1v) is 4.31. The minimum atomic E-state index is -2.37. The zero-order chi connectivity index (χ0) is 9.68. The number of benzene rings is 1. The second-order valence-corrected chi connectivity index (χ2v) is 2.93. The van der Waals surface area contributed by atoms with Gasteiger partial charge in [0.1, 0.15) is 0 Å². The summed E-state index contributed by atoms with van der Waals surface area (Å²) in [6.45, 7) is 0.636. The number of rotatable bonds is 4. The molecule has 0 aliphatic heterocycles. The maximum Gasteiger partial charge on any atom is 0.263 e. The van der Waals surface area contributed by atoms with Crippen LogP contribution in [0.1, 0.15) is 24.0 Å². The molecule has 0 saturated carbocycles. The third kappa shape index (κ3) is 3.11. The summed E-state index contributed by atoms with van der Waals surface area (Å²) in [7, 11) is 0. The van der Waals surface area contributed by atoms with Gasteiger partial charge in [-0.3, -0.25) is 0 Å². The number of hydrogen-bond acceptors (Lipinski definition) is 1. The highest BCUT2D eigenvalue weighted by Crippen LogP contribution is 2.18. The fraction of sp³-hybridized carbons (Fsp3) is 0.400. The molecule has 0 atom stereocenters. The van der Waals surface area contributed by atoms with Crippen molar-refractivity contribution in [2.24, 2.45) is 5.73 Å². The van der Waals surface area contributed by atoms with E-state index >= 15 is 0 Å². The molecule has 1 aromatic carbocycles. The smallest absolute Gasteiger partial charge is 0.263 e. The van der Waals surface area contributed by atoms with Crippen LogP contribution in [0, 0.1) is 0 Å². The van der Waals surface area contributed by atoms with Crippen molar-refractivity contribution in [3.8, 4) is 0 Å². The molecule has 0 amide bonds. The second kappa shape index (κ2) is 4.92. The average molecular weight is 185 g/mol. The molecule has 0 aromatic heterocycles. The summed E-state index contributed by atoms with van der Waals surface area (Å²) in [4.78, 5) is 0. The summed E-state index contributed by atoms with van der Waals surface area (Å²) >= 11 is 0. The highest BCUT2D eigenvalue weighted by atomic mass is 19.3. The predicted octanol–water partition coefficient (Wildman–Crippen LogP) is 2.52. The van der Waals surface area contributed by atoms with Crippen LogP contribution >= 0.6 is 0 Å². The molecule has 13 heavy (non-hydrogen) atoms. The standard InChI is InChI=1S/C10H13F2N/c11-10(12)9-5-3-8(4-6-9)2-1-7-13/h3-6,10H,1-2,7,13H2. The van der Waals surface area contributed by atoms with Gasteiger partial charge in [-0.1, -0.05) is 24.3 Å². The van der Waals surface area contributed by atoms with Gasteiger partial charge in [0.2, 0.25) is 0 Å². The lowest BCUT2D eigenvalue weighted by atomic mass is 10.1. The Labute approximate surface area is 76.6 Å². The summed E-state index contributed by atoms with van der Waals surface area (Å²) in [6, 6.07) is 6.40. The van der Waals surface area contributed by atoms with Gasteiger partial charge in [0, 0.05) is 5.56 Å². The van der Waals surface area contributed by atoms with E-state index in [4.69, 9.17) is 5.73 Å². The van der Waals surface area contributed by atoms with Crippen LogP contribution in [-0.4, -0.2) is 6.54 Å². The van der Waals surface area contributed by atoms with E-state index < -0.39 is 6.43 Å². The van der Waals surface area contributed by atoms with Gasteiger partial charge in [0.25, 0.3) is 6.43 Å². The number of hydrogen-bond donors (Lipinski definition) is 1. The Hall–Kier alpha value is -0.960. The predicted molar refractivity (Wildman–Crippen MR) is 48.8 cm³/mol. The van der Waals surface area contributed by atoms with Crippen LogP contribution in [-0.2, 0) is 6.42 Å². The van der Waals surface area contributed by atoms with E-state index in [1.807, 2.05) is 0 Å². The van der Waals surface area contributed by atoms with Crippen molar-refractivity contribution in [1.82, 2.24) is 0 Å². The molecule has 2 N–H and O–H groups in total. The van der Waals surface area contributed by atoms with E-state index in [9.17, 15) is 8.78 Å². The topological polar surface area (TPSA) is 26.0 Å². The molecule has 1 nitrogen and oxygen atoms in total. The van der Waals surface area contributed by atoms with E-state index in [1.165, 1.54) is 12.1 Å². The van der Waals surface area contributed by atoms with Crippen molar-refractivity contribution in [2.45, 2.75) is 19.3 Å². The summed E-state index contributed by atoms with van der Waals surface area (Å²) in [5, 5.41) is 0. The fourth-order valence-corrected chi connectivity index (χ4v) is 1.14. The zero-order valence-electron chi connectivity index (χ0n) is 7.34. The Balaban J connectivity index is 2.59. The molecule has 0 unspecified atom stereocenters. The van der Waals surface area contributed by atoms with Crippen LogP contribution in [0.5, 0.6) is 0 Å². The molecule has 0 fully saturated rings. The van der Waals surface area contributed by atoms with E-state index in [-0.39, 0.29) is 5.56 Å². The second-order valence-electron chi connectivity index (χ2n) is 2.93. The quantitative estimate of drug-likeness (QED) is 0.766. The molecular weight excluding hydrogens is 172 g/mol. The fourth-order valence-electron chi connectivity index (χ4n) is 1.14. The van der Waals surface area contributed by atoms with Crippen molar-refractivity contribution in [1.29, 1.82) is 0 Å².